The summed E-state index contributed by atoms with van der Waals surface area (Å²) >= 11 is 0. The molecule has 0 aliphatic rings. The van der Waals surface area contributed by atoms with E-state index in [-0.39, 0.29) is 11.7 Å². The van der Waals surface area contributed by atoms with Gasteiger partial charge in [-0.2, -0.15) is 0 Å². The maximum Gasteiger partial charge on any atom is 0.230 e. The molecule has 0 fully saturated rings. The summed E-state index contributed by atoms with van der Waals surface area (Å²) in [5.74, 6) is -0.159. The average Bonchev–Trinajstić information content (AvgIpc) is 2.84. The van der Waals surface area contributed by atoms with Gasteiger partial charge in [-0.3, -0.25) is 0 Å². The molecule has 0 aliphatic carbocycles. The second kappa shape index (κ2) is 4.81. The Morgan fingerprint density at radius 2 is 1.85 bits per heavy atom. The first-order valence-electron chi connectivity index (χ1n) is 6.24. The highest BCUT2D eigenvalue weighted by Gasteiger charge is 2.19. The third kappa shape index (κ3) is 2.05. The fraction of sp³-hybridized carbons (Fsp3) is 0.0625. The fourth-order valence-electron chi connectivity index (χ4n) is 2.19. The van der Waals surface area contributed by atoms with Gasteiger partial charge in [0.25, 0.3) is 0 Å². The third-order valence-electron chi connectivity index (χ3n) is 3.16. The number of anilines is 1. The molecule has 20 heavy (non-hydrogen) atoms. The van der Waals surface area contributed by atoms with E-state index in [1.54, 1.807) is 12.1 Å². The normalized spacial score (nSPS) is 10.7. The molecule has 2 aromatic carbocycles. The summed E-state index contributed by atoms with van der Waals surface area (Å²) in [7, 11) is 0. The highest BCUT2D eigenvalue weighted by Crippen LogP contribution is 2.37. The number of nitrogens with two attached hydrogens (primary N) is 1. The number of aromatic nitrogens is 1. The van der Waals surface area contributed by atoms with Crippen LogP contribution in [0, 0.1) is 12.7 Å². The van der Waals surface area contributed by atoms with Crippen LogP contribution in [0.4, 0.5) is 10.3 Å². The van der Waals surface area contributed by atoms with Gasteiger partial charge >= 0.3 is 0 Å². The lowest BCUT2D eigenvalue weighted by Crippen LogP contribution is -1.90. The van der Waals surface area contributed by atoms with Crippen LogP contribution >= 0.6 is 0 Å². The number of nitrogens with zero attached hydrogens (tertiary/aromatic N) is 1. The smallest absolute Gasteiger partial charge is 0.230 e. The van der Waals surface area contributed by atoms with Crippen molar-refractivity contribution < 1.29 is 8.91 Å². The molecule has 3 nitrogen and oxygen atoms in total. The Morgan fingerprint density at radius 3 is 2.60 bits per heavy atom. The second-order valence-corrected chi connectivity index (χ2v) is 4.62. The van der Waals surface area contributed by atoms with Crippen LogP contribution < -0.4 is 5.73 Å². The molecule has 0 saturated heterocycles. The summed E-state index contributed by atoms with van der Waals surface area (Å²) in [6.07, 6.45) is 0. The van der Waals surface area contributed by atoms with E-state index in [1.807, 2.05) is 37.3 Å². The summed E-state index contributed by atoms with van der Waals surface area (Å²) in [5.41, 5.74) is 9.08. The molecule has 3 aromatic rings. The van der Waals surface area contributed by atoms with Gasteiger partial charge in [0.15, 0.2) is 0 Å². The number of benzene rings is 2. The van der Waals surface area contributed by atoms with Gasteiger partial charge in [0.2, 0.25) is 5.88 Å². The van der Waals surface area contributed by atoms with E-state index in [4.69, 9.17) is 10.3 Å². The van der Waals surface area contributed by atoms with Gasteiger partial charge in [-0.25, -0.2) is 4.39 Å². The van der Waals surface area contributed by atoms with Crippen molar-refractivity contribution >= 4 is 5.88 Å². The summed E-state index contributed by atoms with van der Waals surface area (Å²) in [6, 6.07) is 14.3. The van der Waals surface area contributed by atoms with Crippen molar-refractivity contribution in [3.8, 4) is 22.4 Å². The largest absolute Gasteiger partial charge is 0.367 e. The van der Waals surface area contributed by atoms with Gasteiger partial charge in [-0.15, -0.1) is 0 Å². The molecule has 100 valence electrons. The standard InChI is InChI=1S/C16H13FN2O/c1-10-7-8-13(17)12(9-10)15-14(16(18)20-19-15)11-5-3-2-4-6-11/h2-9H,18H2,1H3. The maximum atomic E-state index is 14.0. The predicted octanol–water partition coefficient (Wildman–Crippen LogP) is 4.04. The fourth-order valence-corrected chi connectivity index (χ4v) is 2.19. The first-order valence-corrected chi connectivity index (χ1v) is 6.24. The van der Waals surface area contributed by atoms with Crippen molar-refractivity contribution in [2.75, 3.05) is 5.73 Å². The molecule has 0 aliphatic heterocycles. The number of halogens is 1. The quantitative estimate of drug-likeness (QED) is 0.763. The zero-order valence-electron chi connectivity index (χ0n) is 10.9. The van der Waals surface area contributed by atoms with Crippen molar-refractivity contribution in [1.82, 2.24) is 5.16 Å². The summed E-state index contributed by atoms with van der Waals surface area (Å²) in [5, 5.41) is 3.92. The van der Waals surface area contributed by atoms with Gasteiger partial charge < -0.3 is 10.3 Å². The Hall–Kier alpha value is -2.62. The van der Waals surface area contributed by atoms with Crippen LogP contribution in [-0.2, 0) is 0 Å². The molecule has 0 radical (unpaired) electrons. The molecule has 0 amide bonds. The molecule has 0 spiro atoms. The van der Waals surface area contributed by atoms with Crippen LogP contribution in [0.5, 0.6) is 0 Å². The Kier molecular flexibility index (Phi) is 2.99. The van der Waals surface area contributed by atoms with Crippen LogP contribution in [0.2, 0.25) is 0 Å². The van der Waals surface area contributed by atoms with Crippen LogP contribution in [0.15, 0.2) is 53.1 Å². The highest BCUT2D eigenvalue weighted by atomic mass is 19.1. The van der Waals surface area contributed by atoms with Gasteiger partial charge in [0.05, 0.1) is 5.56 Å². The Morgan fingerprint density at radius 1 is 1.10 bits per heavy atom. The van der Waals surface area contributed by atoms with E-state index < -0.39 is 0 Å². The Balaban J connectivity index is 2.24. The van der Waals surface area contributed by atoms with Gasteiger partial charge in [-0.1, -0.05) is 47.1 Å². The number of aryl methyl sites for hydroxylation is 1. The SMILES string of the molecule is Cc1ccc(F)c(-c2noc(N)c2-c2ccccc2)c1. The minimum absolute atomic E-state index is 0.187. The molecule has 0 unspecified atom stereocenters. The molecular weight excluding hydrogens is 255 g/mol. The molecule has 1 aromatic heterocycles. The van der Waals surface area contributed by atoms with Crippen molar-refractivity contribution in [2.24, 2.45) is 0 Å². The molecule has 0 saturated carbocycles. The van der Waals surface area contributed by atoms with E-state index in [1.165, 1.54) is 6.07 Å². The molecule has 2 N–H and O–H groups in total. The number of nitrogen functional groups attached to an aromatic ring is 1. The van der Waals surface area contributed by atoms with Crippen molar-refractivity contribution in [1.29, 1.82) is 0 Å². The van der Waals surface area contributed by atoms with Gasteiger partial charge in [0.1, 0.15) is 11.5 Å². The Labute approximate surface area is 115 Å². The van der Waals surface area contributed by atoms with Gasteiger partial charge in [-0.05, 0) is 24.6 Å². The van der Waals surface area contributed by atoms with Crippen molar-refractivity contribution in [3.05, 3.63) is 59.9 Å². The second-order valence-electron chi connectivity index (χ2n) is 4.62. The zero-order valence-corrected chi connectivity index (χ0v) is 10.9. The lowest BCUT2D eigenvalue weighted by molar-refractivity contribution is 0.439. The summed E-state index contributed by atoms with van der Waals surface area (Å²) < 4.78 is 19.1. The van der Waals surface area contributed by atoms with E-state index in [0.717, 1.165) is 11.1 Å². The maximum absolute atomic E-state index is 14.0. The first-order chi connectivity index (χ1) is 9.66. The molecule has 4 heteroatoms. The van der Waals surface area contributed by atoms with Crippen LogP contribution in [0.1, 0.15) is 5.56 Å². The number of hydrogen-bond donors (Lipinski definition) is 1. The van der Waals surface area contributed by atoms with E-state index >= 15 is 0 Å². The van der Waals surface area contributed by atoms with E-state index in [0.29, 0.717) is 16.8 Å². The minimum Gasteiger partial charge on any atom is -0.367 e. The van der Waals surface area contributed by atoms with E-state index in [9.17, 15) is 4.39 Å². The topological polar surface area (TPSA) is 52.0 Å². The Bertz CT molecular complexity index is 750. The molecule has 0 atom stereocenters. The van der Waals surface area contributed by atoms with Crippen molar-refractivity contribution in [2.45, 2.75) is 6.92 Å². The zero-order chi connectivity index (χ0) is 14.1. The lowest BCUT2D eigenvalue weighted by Gasteiger charge is -2.05. The number of rotatable bonds is 2. The van der Waals surface area contributed by atoms with Gasteiger partial charge in [0, 0.05) is 5.56 Å². The highest BCUT2D eigenvalue weighted by molar-refractivity contribution is 5.87. The molecular formula is C16H13FN2O. The summed E-state index contributed by atoms with van der Waals surface area (Å²) in [6.45, 7) is 1.90. The third-order valence-corrected chi connectivity index (χ3v) is 3.16. The van der Waals surface area contributed by atoms with Crippen LogP contribution in [0.25, 0.3) is 22.4 Å². The number of hydrogen-bond acceptors (Lipinski definition) is 3. The summed E-state index contributed by atoms with van der Waals surface area (Å²) in [4.78, 5) is 0. The van der Waals surface area contributed by atoms with Crippen molar-refractivity contribution in [3.63, 3.8) is 0 Å². The molecule has 3 rings (SSSR count). The lowest BCUT2D eigenvalue weighted by atomic mass is 9.99. The molecule has 1 heterocycles. The predicted molar refractivity (Wildman–Crippen MR) is 76.5 cm³/mol. The van der Waals surface area contributed by atoms with E-state index in [2.05, 4.69) is 5.16 Å². The first kappa shape index (κ1) is 12.4. The minimum atomic E-state index is -0.346. The van der Waals surface area contributed by atoms with Crippen LogP contribution in [-0.4, -0.2) is 5.16 Å². The average molecular weight is 268 g/mol. The van der Waals surface area contributed by atoms with Crippen LogP contribution in [0.3, 0.4) is 0 Å². The molecule has 0 bridgehead atoms. The monoisotopic (exact) mass is 268 g/mol.